The smallest absolute Gasteiger partial charge is 0.140 e. The number of hydrogen-bond acceptors (Lipinski definition) is 2. The third-order valence-corrected chi connectivity index (χ3v) is 2.54. The molecule has 68 valence electrons. The molecule has 0 radical (unpaired) electrons. The lowest BCUT2D eigenvalue weighted by Gasteiger charge is -2.03. The topological polar surface area (TPSA) is 26.5 Å². The largest absolute Gasteiger partial charge is 0.495 e. The van der Waals surface area contributed by atoms with Crippen molar-refractivity contribution >= 4 is 21.6 Å². The van der Waals surface area contributed by atoms with Crippen molar-refractivity contribution in [3.8, 4) is 5.75 Å². The molecule has 3 nitrogen and oxygen atoms in total. The highest BCUT2D eigenvalue weighted by molar-refractivity contribution is 9.10. The van der Waals surface area contributed by atoms with Gasteiger partial charge in [0, 0.05) is 0 Å². The molecule has 0 aliphatic heterocycles. The molecule has 0 aliphatic carbocycles. The minimum Gasteiger partial charge on any atom is -0.495 e. The second kappa shape index (κ2) is 3.03. The Balaban J connectivity index is 2.80. The van der Waals surface area contributed by atoms with E-state index in [4.69, 9.17) is 4.74 Å². The molecule has 0 fully saturated rings. The van der Waals surface area contributed by atoms with Crippen LogP contribution in [0, 0.1) is 6.92 Å². The van der Waals surface area contributed by atoms with Crippen LogP contribution in [-0.4, -0.2) is 16.5 Å². The fourth-order valence-corrected chi connectivity index (χ4v) is 1.68. The monoisotopic (exact) mass is 240 g/mol. The molecule has 13 heavy (non-hydrogen) atoms. The van der Waals surface area contributed by atoms with E-state index in [1.54, 1.807) is 13.3 Å². The predicted molar refractivity (Wildman–Crippen MR) is 54.2 cm³/mol. The summed E-state index contributed by atoms with van der Waals surface area (Å²) >= 11 is 3.41. The fraction of sp³-hybridized carbons (Fsp3) is 0.222. The van der Waals surface area contributed by atoms with Gasteiger partial charge in [0.05, 0.1) is 19.5 Å². The van der Waals surface area contributed by atoms with Crippen LogP contribution in [0.25, 0.3) is 5.65 Å². The molecule has 0 bridgehead atoms. The highest BCUT2D eigenvalue weighted by Gasteiger charge is 2.04. The van der Waals surface area contributed by atoms with Crippen molar-refractivity contribution in [3.63, 3.8) is 0 Å². The van der Waals surface area contributed by atoms with Crippen LogP contribution in [-0.2, 0) is 0 Å². The van der Waals surface area contributed by atoms with E-state index in [1.165, 1.54) is 0 Å². The summed E-state index contributed by atoms with van der Waals surface area (Å²) in [6.07, 6.45) is 3.68. The van der Waals surface area contributed by atoms with Gasteiger partial charge in [-0.1, -0.05) is 0 Å². The summed E-state index contributed by atoms with van der Waals surface area (Å²) < 4.78 is 8.05. The maximum Gasteiger partial charge on any atom is 0.140 e. The average Bonchev–Trinajstić information content (AvgIpc) is 2.48. The molecule has 2 heterocycles. The van der Waals surface area contributed by atoms with Gasteiger partial charge in [-0.25, -0.2) is 4.98 Å². The first-order valence-corrected chi connectivity index (χ1v) is 4.69. The van der Waals surface area contributed by atoms with Crippen LogP contribution in [0.1, 0.15) is 5.56 Å². The molecular weight excluding hydrogens is 232 g/mol. The number of methoxy groups -OCH3 is 1. The third kappa shape index (κ3) is 1.31. The van der Waals surface area contributed by atoms with E-state index in [-0.39, 0.29) is 0 Å². The van der Waals surface area contributed by atoms with Gasteiger partial charge < -0.3 is 4.74 Å². The van der Waals surface area contributed by atoms with Crippen molar-refractivity contribution in [1.82, 2.24) is 9.38 Å². The van der Waals surface area contributed by atoms with E-state index in [0.717, 1.165) is 21.6 Å². The Morgan fingerprint density at radius 2 is 2.31 bits per heavy atom. The van der Waals surface area contributed by atoms with E-state index in [9.17, 15) is 0 Å². The van der Waals surface area contributed by atoms with Crippen LogP contribution in [0.2, 0.25) is 0 Å². The summed E-state index contributed by atoms with van der Waals surface area (Å²) in [7, 11) is 1.66. The van der Waals surface area contributed by atoms with E-state index in [1.807, 2.05) is 23.6 Å². The van der Waals surface area contributed by atoms with Crippen LogP contribution >= 0.6 is 15.9 Å². The lowest BCUT2D eigenvalue weighted by Crippen LogP contribution is -1.91. The summed E-state index contributed by atoms with van der Waals surface area (Å²) in [5, 5.41) is 0. The number of nitrogens with zero attached hydrogens (tertiary/aromatic N) is 2. The van der Waals surface area contributed by atoms with Crippen LogP contribution < -0.4 is 4.74 Å². The Labute approximate surface area is 84.5 Å². The molecule has 0 N–H and O–H groups in total. The molecule has 2 aromatic heterocycles. The molecule has 0 aromatic carbocycles. The molecule has 0 spiro atoms. The van der Waals surface area contributed by atoms with Crippen LogP contribution in [0.4, 0.5) is 0 Å². The highest BCUT2D eigenvalue weighted by Crippen LogP contribution is 2.21. The maximum atomic E-state index is 5.16. The van der Waals surface area contributed by atoms with E-state index in [0.29, 0.717) is 0 Å². The van der Waals surface area contributed by atoms with Crippen LogP contribution in [0.15, 0.2) is 23.1 Å². The molecule has 0 aliphatic rings. The summed E-state index contributed by atoms with van der Waals surface area (Å²) in [5.41, 5.74) is 2.05. The van der Waals surface area contributed by atoms with Crippen molar-refractivity contribution < 1.29 is 4.74 Å². The average molecular weight is 241 g/mol. The summed E-state index contributed by atoms with van der Waals surface area (Å²) in [6.45, 7) is 2.01. The van der Waals surface area contributed by atoms with Gasteiger partial charge in [-0.05, 0) is 34.5 Å². The quantitative estimate of drug-likeness (QED) is 0.766. The number of aryl methyl sites for hydroxylation is 1. The van der Waals surface area contributed by atoms with Crippen molar-refractivity contribution in [1.29, 1.82) is 0 Å². The van der Waals surface area contributed by atoms with Gasteiger partial charge in [0.2, 0.25) is 0 Å². The molecule has 0 saturated carbocycles. The number of rotatable bonds is 1. The number of pyridine rings is 1. The zero-order chi connectivity index (χ0) is 9.42. The molecule has 0 unspecified atom stereocenters. The minimum absolute atomic E-state index is 0.837. The summed E-state index contributed by atoms with van der Waals surface area (Å²) in [5.74, 6) is 0.837. The highest BCUT2D eigenvalue weighted by atomic mass is 79.9. The van der Waals surface area contributed by atoms with Gasteiger partial charge in [0.25, 0.3) is 0 Å². The van der Waals surface area contributed by atoms with E-state index < -0.39 is 0 Å². The molecule has 0 amide bonds. The number of halogens is 1. The Hall–Kier alpha value is -1.03. The SMILES string of the molecule is COc1cc(C)c2ncc(Br)n2c1. The molecule has 4 heteroatoms. The predicted octanol–water partition coefficient (Wildman–Crippen LogP) is 2.41. The Bertz CT molecular complexity index is 450. The van der Waals surface area contributed by atoms with Gasteiger partial charge in [-0.2, -0.15) is 0 Å². The summed E-state index contributed by atoms with van der Waals surface area (Å²) in [6, 6.07) is 1.97. The second-order valence-corrected chi connectivity index (χ2v) is 3.65. The number of aromatic nitrogens is 2. The lowest BCUT2D eigenvalue weighted by molar-refractivity contribution is 0.412. The van der Waals surface area contributed by atoms with Crippen molar-refractivity contribution in [2.75, 3.05) is 7.11 Å². The molecule has 0 saturated heterocycles. The van der Waals surface area contributed by atoms with E-state index in [2.05, 4.69) is 20.9 Å². The number of fused-ring (bicyclic) bond motifs is 1. The maximum absolute atomic E-state index is 5.16. The molecule has 0 atom stereocenters. The first-order chi connectivity index (χ1) is 6.22. The van der Waals surface area contributed by atoms with Crippen molar-refractivity contribution in [2.45, 2.75) is 6.92 Å². The standard InChI is InChI=1S/C9H9BrN2O/c1-6-3-7(13-2)5-12-8(10)4-11-9(6)12/h3-5H,1-2H3. The first kappa shape index (κ1) is 8.56. The van der Waals surface area contributed by atoms with E-state index >= 15 is 0 Å². The molecule has 2 rings (SSSR count). The Kier molecular flexibility index (Phi) is 2.00. The van der Waals surface area contributed by atoms with Crippen LogP contribution in [0.3, 0.4) is 0 Å². The van der Waals surface area contributed by atoms with Gasteiger partial charge in [0.15, 0.2) is 0 Å². The first-order valence-electron chi connectivity index (χ1n) is 3.89. The number of imidazole rings is 1. The second-order valence-electron chi connectivity index (χ2n) is 2.84. The van der Waals surface area contributed by atoms with Gasteiger partial charge in [-0.3, -0.25) is 4.40 Å². The number of ether oxygens (including phenoxy) is 1. The third-order valence-electron chi connectivity index (χ3n) is 1.96. The number of hydrogen-bond donors (Lipinski definition) is 0. The van der Waals surface area contributed by atoms with Crippen LogP contribution in [0.5, 0.6) is 5.75 Å². The lowest BCUT2D eigenvalue weighted by atomic mass is 10.3. The normalized spacial score (nSPS) is 10.7. The minimum atomic E-state index is 0.837. The molecular formula is C9H9BrN2O. The van der Waals surface area contributed by atoms with Gasteiger partial charge in [-0.15, -0.1) is 0 Å². The fourth-order valence-electron chi connectivity index (χ4n) is 1.31. The van der Waals surface area contributed by atoms with Gasteiger partial charge >= 0.3 is 0 Å². The van der Waals surface area contributed by atoms with Gasteiger partial charge in [0.1, 0.15) is 16.0 Å². The molecule has 2 aromatic rings. The van der Waals surface area contributed by atoms with Crippen molar-refractivity contribution in [3.05, 3.63) is 28.6 Å². The van der Waals surface area contributed by atoms with Crippen molar-refractivity contribution in [2.24, 2.45) is 0 Å². The summed E-state index contributed by atoms with van der Waals surface area (Å²) in [4.78, 5) is 4.25. The Morgan fingerprint density at radius 1 is 1.54 bits per heavy atom. The Morgan fingerprint density at radius 3 is 3.00 bits per heavy atom. The zero-order valence-electron chi connectivity index (χ0n) is 7.41. The zero-order valence-corrected chi connectivity index (χ0v) is 9.00.